The van der Waals surface area contributed by atoms with Gasteiger partial charge < -0.3 is 10.1 Å². The van der Waals surface area contributed by atoms with Crippen molar-refractivity contribution in [1.82, 2.24) is 4.31 Å². The highest BCUT2D eigenvalue weighted by molar-refractivity contribution is 9.10. The van der Waals surface area contributed by atoms with Gasteiger partial charge in [0.05, 0.1) is 24.5 Å². The zero-order valence-electron chi connectivity index (χ0n) is 15.5. The van der Waals surface area contributed by atoms with Gasteiger partial charge in [0.2, 0.25) is 15.9 Å². The van der Waals surface area contributed by atoms with Gasteiger partial charge >= 0.3 is 5.97 Å². The van der Waals surface area contributed by atoms with Crippen LogP contribution in [0.3, 0.4) is 0 Å². The topological polar surface area (TPSA) is 92.8 Å². The number of esters is 1. The largest absolute Gasteiger partial charge is 0.466 e. The number of anilines is 1. The molecular weight excluding hydrogens is 448 g/mol. The van der Waals surface area contributed by atoms with Crippen molar-refractivity contribution >= 4 is 43.5 Å². The van der Waals surface area contributed by atoms with Gasteiger partial charge in [0.15, 0.2) is 0 Å². The molecule has 1 N–H and O–H groups in total. The molecule has 1 amide bonds. The third-order valence-corrected chi connectivity index (χ3v) is 6.13. The van der Waals surface area contributed by atoms with Crippen LogP contribution in [0.2, 0.25) is 0 Å². The number of amides is 1. The fourth-order valence-corrected chi connectivity index (χ4v) is 3.75. The van der Waals surface area contributed by atoms with Gasteiger partial charge in [-0.15, -0.1) is 0 Å². The fraction of sp³-hybridized carbons (Fsp3) is 0.263. The number of benzene rings is 2. The van der Waals surface area contributed by atoms with E-state index in [1.165, 1.54) is 19.2 Å². The first-order valence-electron chi connectivity index (χ1n) is 8.48. The van der Waals surface area contributed by atoms with Crippen molar-refractivity contribution in [3.8, 4) is 0 Å². The van der Waals surface area contributed by atoms with Crippen LogP contribution in [0.15, 0.2) is 57.9 Å². The molecule has 150 valence electrons. The highest BCUT2D eigenvalue weighted by atomic mass is 79.9. The van der Waals surface area contributed by atoms with E-state index in [4.69, 9.17) is 4.74 Å². The molecule has 0 saturated carbocycles. The molecule has 0 spiro atoms. The highest BCUT2D eigenvalue weighted by Gasteiger charge is 2.22. The fourth-order valence-electron chi connectivity index (χ4n) is 2.36. The van der Waals surface area contributed by atoms with E-state index in [9.17, 15) is 18.0 Å². The number of sulfonamides is 1. The SMILES string of the molecule is CCOC(=O)Cc1ccc(NC(=O)CN(C)S(=O)(=O)c2ccc(Br)cc2)cc1. The Hall–Kier alpha value is -2.23. The van der Waals surface area contributed by atoms with Crippen LogP contribution in [0.25, 0.3) is 0 Å². The molecule has 2 aromatic carbocycles. The van der Waals surface area contributed by atoms with Crippen LogP contribution < -0.4 is 5.32 Å². The first kappa shape index (κ1) is 22.1. The number of rotatable bonds is 8. The maximum Gasteiger partial charge on any atom is 0.310 e. The van der Waals surface area contributed by atoms with Crippen LogP contribution in [0, 0.1) is 0 Å². The number of nitrogens with zero attached hydrogens (tertiary/aromatic N) is 1. The summed E-state index contributed by atoms with van der Waals surface area (Å²) in [7, 11) is -2.42. The summed E-state index contributed by atoms with van der Waals surface area (Å²) >= 11 is 3.25. The van der Waals surface area contributed by atoms with Crippen LogP contribution in [0.5, 0.6) is 0 Å². The van der Waals surface area contributed by atoms with E-state index < -0.39 is 15.9 Å². The minimum atomic E-state index is -3.77. The number of ether oxygens (including phenoxy) is 1. The molecule has 0 radical (unpaired) electrons. The quantitative estimate of drug-likeness (QED) is 0.601. The standard InChI is InChI=1S/C19H21BrN2O5S/c1-3-27-19(24)12-14-4-8-16(9-5-14)21-18(23)13-22(2)28(25,26)17-10-6-15(20)7-11-17/h4-11H,3,12-13H2,1-2H3,(H,21,23). The van der Waals surface area contributed by atoms with E-state index in [-0.39, 0.29) is 23.8 Å². The molecule has 0 fully saturated rings. The van der Waals surface area contributed by atoms with E-state index in [1.807, 2.05) is 0 Å². The molecule has 0 aliphatic carbocycles. The van der Waals surface area contributed by atoms with Crippen LogP contribution in [-0.2, 0) is 30.8 Å². The normalized spacial score (nSPS) is 11.3. The van der Waals surface area contributed by atoms with E-state index in [0.29, 0.717) is 12.3 Å². The zero-order chi connectivity index (χ0) is 20.7. The van der Waals surface area contributed by atoms with Crippen LogP contribution in [0.4, 0.5) is 5.69 Å². The van der Waals surface area contributed by atoms with Gasteiger partial charge in [-0.05, 0) is 48.9 Å². The Labute approximate surface area is 172 Å². The number of nitrogens with one attached hydrogen (secondary N) is 1. The number of hydrogen-bond acceptors (Lipinski definition) is 5. The molecule has 2 aromatic rings. The number of carbonyl (C=O) groups is 2. The lowest BCUT2D eigenvalue weighted by Gasteiger charge is -2.17. The number of halogens is 1. The molecule has 9 heteroatoms. The highest BCUT2D eigenvalue weighted by Crippen LogP contribution is 2.18. The molecular formula is C19H21BrN2O5S. The number of hydrogen-bond donors (Lipinski definition) is 1. The van der Waals surface area contributed by atoms with Crippen LogP contribution in [-0.4, -0.2) is 44.8 Å². The Bertz CT molecular complexity index is 928. The summed E-state index contributed by atoms with van der Waals surface area (Å²) in [6.45, 7) is 1.73. The number of carbonyl (C=O) groups excluding carboxylic acids is 2. The van der Waals surface area contributed by atoms with Crippen molar-refractivity contribution in [2.75, 3.05) is 25.5 Å². The molecule has 0 aliphatic rings. The summed E-state index contributed by atoms with van der Waals surface area (Å²) in [6.07, 6.45) is 0.149. The van der Waals surface area contributed by atoms with Crippen molar-refractivity contribution < 1.29 is 22.7 Å². The maximum absolute atomic E-state index is 12.5. The Kier molecular flexibility index (Phi) is 7.73. The van der Waals surface area contributed by atoms with Gasteiger partial charge in [-0.25, -0.2) is 8.42 Å². The molecule has 7 nitrogen and oxygen atoms in total. The molecule has 0 saturated heterocycles. The second-order valence-corrected chi connectivity index (χ2v) is 8.90. The van der Waals surface area contributed by atoms with Gasteiger partial charge in [-0.2, -0.15) is 4.31 Å². The predicted octanol–water partition coefficient (Wildman–Crippen LogP) is 2.81. The van der Waals surface area contributed by atoms with Crippen molar-refractivity contribution in [1.29, 1.82) is 0 Å². The molecule has 0 atom stereocenters. The molecule has 0 bridgehead atoms. The van der Waals surface area contributed by atoms with Crippen LogP contribution in [0.1, 0.15) is 12.5 Å². The molecule has 0 unspecified atom stereocenters. The van der Waals surface area contributed by atoms with Gasteiger partial charge in [0.1, 0.15) is 0 Å². The Morgan fingerprint density at radius 3 is 2.25 bits per heavy atom. The summed E-state index contributed by atoms with van der Waals surface area (Å²) in [5, 5.41) is 2.64. The Morgan fingerprint density at radius 1 is 1.07 bits per heavy atom. The molecule has 0 aliphatic heterocycles. The second kappa shape index (κ2) is 9.81. The third-order valence-electron chi connectivity index (χ3n) is 3.78. The summed E-state index contributed by atoms with van der Waals surface area (Å²) < 4.78 is 31.7. The first-order chi connectivity index (χ1) is 13.2. The zero-order valence-corrected chi connectivity index (χ0v) is 17.9. The monoisotopic (exact) mass is 468 g/mol. The first-order valence-corrected chi connectivity index (χ1v) is 10.7. The Balaban J connectivity index is 1.95. The lowest BCUT2D eigenvalue weighted by molar-refractivity contribution is -0.142. The van der Waals surface area contributed by atoms with Gasteiger partial charge in [-0.3, -0.25) is 9.59 Å². The molecule has 28 heavy (non-hydrogen) atoms. The minimum Gasteiger partial charge on any atom is -0.466 e. The summed E-state index contributed by atoms with van der Waals surface area (Å²) in [5.74, 6) is -0.791. The van der Waals surface area contributed by atoms with E-state index in [0.717, 1.165) is 14.3 Å². The lowest BCUT2D eigenvalue weighted by Crippen LogP contribution is -2.34. The molecule has 0 aromatic heterocycles. The Morgan fingerprint density at radius 2 is 1.68 bits per heavy atom. The lowest BCUT2D eigenvalue weighted by atomic mass is 10.1. The average molecular weight is 469 g/mol. The van der Waals surface area contributed by atoms with E-state index in [2.05, 4.69) is 21.2 Å². The average Bonchev–Trinajstić information content (AvgIpc) is 2.63. The maximum atomic E-state index is 12.5. The van der Waals surface area contributed by atoms with Gasteiger partial charge in [0, 0.05) is 17.2 Å². The van der Waals surface area contributed by atoms with Crippen molar-refractivity contribution in [3.63, 3.8) is 0 Å². The second-order valence-electron chi connectivity index (χ2n) is 5.94. The van der Waals surface area contributed by atoms with E-state index in [1.54, 1.807) is 43.3 Å². The third kappa shape index (κ3) is 6.15. The van der Waals surface area contributed by atoms with Gasteiger partial charge in [-0.1, -0.05) is 28.1 Å². The molecule has 2 rings (SSSR count). The predicted molar refractivity (Wildman–Crippen MR) is 109 cm³/mol. The van der Waals surface area contributed by atoms with Gasteiger partial charge in [0.25, 0.3) is 0 Å². The summed E-state index contributed by atoms with van der Waals surface area (Å²) in [6, 6.07) is 12.9. The number of likely N-dealkylation sites (N-methyl/N-ethyl adjacent to an activating group) is 1. The molecule has 0 heterocycles. The van der Waals surface area contributed by atoms with Crippen molar-refractivity contribution in [2.45, 2.75) is 18.2 Å². The van der Waals surface area contributed by atoms with E-state index >= 15 is 0 Å². The summed E-state index contributed by atoms with van der Waals surface area (Å²) in [4.78, 5) is 23.8. The van der Waals surface area contributed by atoms with Crippen molar-refractivity contribution in [2.24, 2.45) is 0 Å². The van der Waals surface area contributed by atoms with Crippen LogP contribution >= 0.6 is 15.9 Å². The van der Waals surface area contributed by atoms with Crippen molar-refractivity contribution in [3.05, 3.63) is 58.6 Å². The summed E-state index contributed by atoms with van der Waals surface area (Å²) in [5.41, 5.74) is 1.26. The minimum absolute atomic E-state index is 0.106. The smallest absolute Gasteiger partial charge is 0.310 e.